The molecular formula is C33H42N2. The predicted octanol–water partition coefficient (Wildman–Crippen LogP) is 9.93. The molecule has 1 aromatic heterocycles. The van der Waals surface area contributed by atoms with Gasteiger partial charge in [0.2, 0.25) is 0 Å². The first-order valence-electron chi connectivity index (χ1n) is 13.8. The van der Waals surface area contributed by atoms with Crippen molar-refractivity contribution in [2.45, 2.75) is 91.9 Å². The summed E-state index contributed by atoms with van der Waals surface area (Å²) in [6.07, 6.45) is 12.6. The molecule has 0 radical (unpaired) electrons. The number of nitrogens with zero attached hydrogens (tertiary/aromatic N) is 2. The molecule has 0 saturated carbocycles. The average molecular weight is 467 g/mol. The fourth-order valence-corrected chi connectivity index (χ4v) is 4.90. The lowest BCUT2D eigenvalue weighted by atomic mass is 10.0. The van der Waals surface area contributed by atoms with Crippen LogP contribution < -0.4 is 0 Å². The van der Waals surface area contributed by atoms with Gasteiger partial charge in [0, 0.05) is 16.5 Å². The molecule has 4 aromatic rings. The first kappa shape index (κ1) is 26.6. The van der Waals surface area contributed by atoms with Crippen LogP contribution in [0.1, 0.15) is 95.8 Å². The number of nitriles is 1. The third kappa shape index (κ3) is 6.55. The zero-order chi connectivity index (χ0) is 25.0. The molecule has 2 heteroatoms. The third-order valence-corrected chi connectivity index (χ3v) is 6.79. The molecule has 0 N–H and O–H groups in total. The van der Waals surface area contributed by atoms with E-state index in [1.165, 1.54) is 84.3 Å². The van der Waals surface area contributed by atoms with Gasteiger partial charge < -0.3 is 4.57 Å². The third-order valence-electron chi connectivity index (χ3n) is 6.79. The van der Waals surface area contributed by atoms with Crippen molar-refractivity contribution in [1.29, 1.82) is 5.26 Å². The Kier molecular flexibility index (Phi) is 10.4. The van der Waals surface area contributed by atoms with Crippen molar-refractivity contribution in [3.05, 3.63) is 77.4 Å². The number of unbranched alkanes of at least 4 members (excludes halogenated alkanes) is 6. The maximum atomic E-state index is 9.22. The highest BCUT2D eigenvalue weighted by atomic mass is 15.0. The van der Waals surface area contributed by atoms with Gasteiger partial charge in [0.1, 0.15) is 0 Å². The Morgan fingerprint density at radius 2 is 1.11 bits per heavy atom. The van der Waals surface area contributed by atoms with Crippen LogP contribution in [-0.4, -0.2) is 4.57 Å². The molecule has 3 aromatic carbocycles. The molecule has 0 fully saturated rings. The summed E-state index contributed by atoms with van der Waals surface area (Å²) in [7, 11) is 0. The Morgan fingerprint density at radius 1 is 0.629 bits per heavy atom. The van der Waals surface area contributed by atoms with Crippen molar-refractivity contribution >= 4 is 21.8 Å². The predicted molar refractivity (Wildman–Crippen MR) is 153 cm³/mol. The van der Waals surface area contributed by atoms with Gasteiger partial charge in [-0.05, 0) is 85.3 Å². The zero-order valence-electron chi connectivity index (χ0n) is 22.2. The van der Waals surface area contributed by atoms with Crippen molar-refractivity contribution in [3.8, 4) is 11.8 Å². The minimum Gasteiger partial charge on any atom is -0.309 e. The average Bonchev–Trinajstić information content (AvgIpc) is 3.23. The van der Waals surface area contributed by atoms with Gasteiger partial charge in [0.15, 0.2) is 0 Å². The van der Waals surface area contributed by atoms with Crippen molar-refractivity contribution in [2.75, 3.05) is 0 Å². The second-order valence-electron chi connectivity index (χ2n) is 9.32. The van der Waals surface area contributed by atoms with Gasteiger partial charge in [0.05, 0.1) is 22.7 Å². The molecule has 35 heavy (non-hydrogen) atoms. The summed E-state index contributed by atoms with van der Waals surface area (Å²) >= 11 is 0. The molecule has 0 amide bonds. The lowest BCUT2D eigenvalue weighted by Crippen LogP contribution is -1.94. The monoisotopic (exact) mass is 466 g/mol. The smallest absolute Gasteiger partial charge is 0.0991 e. The van der Waals surface area contributed by atoms with Crippen LogP contribution in [0.2, 0.25) is 0 Å². The summed E-state index contributed by atoms with van der Waals surface area (Å²) in [5, 5.41) is 11.9. The van der Waals surface area contributed by atoms with Crippen LogP contribution in [0.5, 0.6) is 0 Å². The zero-order valence-corrected chi connectivity index (χ0v) is 22.2. The molecule has 2 nitrogen and oxygen atoms in total. The number of aryl methyl sites for hydroxylation is 2. The van der Waals surface area contributed by atoms with Gasteiger partial charge in [-0.1, -0.05) is 78.4 Å². The van der Waals surface area contributed by atoms with E-state index in [2.05, 4.69) is 73.0 Å². The fourth-order valence-electron chi connectivity index (χ4n) is 4.90. The quantitative estimate of drug-likeness (QED) is 0.202. The van der Waals surface area contributed by atoms with Gasteiger partial charge in [0.25, 0.3) is 0 Å². The highest BCUT2D eigenvalue weighted by molar-refractivity contribution is 6.09. The SMILES string of the molecule is CC.CCCCCCc1ccc2c(c1)c1cc(CCCCCC)ccc1n2-c1ccc(C#N)cc1. The lowest BCUT2D eigenvalue weighted by molar-refractivity contribution is 0.667. The van der Waals surface area contributed by atoms with Crippen molar-refractivity contribution in [3.63, 3.8) is 0 Å². The summed E-state index contributed by atoms with van der Waals surface area (Å²) in [5.41, 5.74) is 7.17. The van der Waals surface area contributed by atoms with E-state index in [4.69, 9.17) is 0 Å². The molecule has 1 heterocycles. The van der Waals surface area contributed by atoms with Gasteiger partial charge in [-0.25, -0.2) is 0 Å². The molecule has 0 unspecified atom stereocenters. The lowest BCUT2D eigenvalue weighted by Gasteiger charge is -2.09. The van der Waals surface area contributed by atoms with E-state index in [1.54, 1.807) is 0 Å². The second kappa shape index (κ2) is 13.7. The van der Waals surface area contributed by atoms with Gasteiger partial charge in [-0.3, -0.25) is 0 Å². The van der Waals surface area contributed by atoms with Crippen LogP contribution in [0.3, 0.4) is 0 Å². The topological polar surface area (TPSA) is 28.7 Å². The van der Waals surface area contributed by atoms with Crippen molar-refractivity contribution in [2.24, 2.45) is 0 Å². The number of fused-ring (bicyclic) bond motifs is 3. The highest BCUT2D eigenvalue weighted by Gasteiger charge is 2.14. The highest BCUT2D eigenvalue weighted by Crippen LogP contribution is 2.34. The van der Waals surface area contributed by atoms with Crippen LogP contribution in [0, 0.1) is 11.3 Å². The summed E-state index contributed by atoms with van der Waals surface area (Å²) in [6, 6.07) is 24.2. The molecular weight excluding hydrogens is 424 g/mol. The minimum atomic E-state index is 0.697. The van der Waals surface area contributed by atoms with Crippen molar-refractivity contribution < 1.29 is 0 Å². The standard InChI is InChI=1S/C31H36N2.C2H6/c1-3-5-7-9-11-24-15-19-30-28(21-24)29-22-25(12-10-8-6-4-2)16-20-31(29)33(30)27-17-13-26(23-32)14-18-27;1-2/h13-22H,3-12H2,1-2H3;1-2H3. The Balaban J connectivity index is 0.00000167. The first-order valence-corrected chi connectivity index (χ1v) is 13.8. The normalized spacial score (nSPS) is 10.8. The molecule has 4 rings (SSSR count). The van der Waals surface area contributed by atoms with E-state index in [-0.39, 0.29) is 0 Å². The Labute approximate surface area is 212 Å². The van der Waals surface area contributed by atoms with Crippen LogP contribution >= 0.6 is 0 Å². The molecule has 0 aliphatic rings. The number of aromatic nitrogens is 1. The summed E-state index contributed by atoms with van der Waals surface area (Å²) in [6.45, 7) is 8.54. The van der Waals surface area contributed by atoms with Crippen LogP contribution in [0.25, 0.3) is 27.5 Å². The molecule has 0 spiro atoms. The van der Waals surface area contributed by atoms with Gasteiger partial charge in [-0.15, -0.1) is 0 Å². The van der Waals surface area contributed by atoms with E-state index in [0.29, 0.717) is 5.56 Å². The molecule has 0 aliphatic carbocycles. The molecule has 0 saturated heterocycles. The van der Waals surface area contributed by atoms with Gasteiger partial charge >= 0.3 is 0 Å². The van der Waals surface area contributed by atoms with Gasteiger partial charge in [-0.2, -0.15) is 5.26 Å². The molecule has 0 bridgehead atoms. The second-order valence-corrected chi connectivity index (χ2v) is 9.32. The van der Waals surface area contributed by atoms with E-state index in [9.17, 15) is 5.26 Å². The Bertz CT molecular complexity index is 1170. The number of hydrogen-bond acceptors (Lipinski definition) is 1. The minimum absolute atomic E-state index is 0.697. The Hall–Kier alpha value is -3.05. The summed E-state index contributed by atoms with van der Waals surface area (Å²) < 4.78 is 2.35. The van der Waals surface area contributed by atoms with Crippen LogP contribution in [0.15, 0.2) is 60.7 Å². The first-order chi connectivity index (χ1) is 17.2. The van der Waals surface area contributed by atoms with Crippen LogP contribution in [0.4, 0.5) is 0 Å². The number of hydrogen-bond donors (Lipinski definition) is 0. The molecule has 0 atom stereocenters. The van der Waals surface area contributed by atoms with Crippen LogP contribution in [-0.2, 0) is 12.8 Å². The fraction of sp³-hybridized carbons (Fsp3) is 0.424. The number of rotatable bonds is 11. The van der Waals surface area contributed by atoms with E-state index < -0.39 is 0 Å². The molecule has 184 valence electrons. The van der Waals surface area contributed by atoms with E-state index in [0.717, 1.165) is 18.5 Å². The molecule has 0 aliphatic heterocycles. The summed E-state index contributed by atoms with van der Waals surface area (Å²) in [5.74, 6) is 0. The largest absolute Gasteiger partial charge is 0.309 e. The Morgan fingerprint density at radius 3 is 1.54 bits per heavy atom. The maximum absolute atomic E-state index is 9.22. The van der Waals surface area contributed by atoms with Crippen molar-refractivity contribution in [1.82, 2.24) is 4.57 Å². The maximum Gasteiger partial charge on any atom is 0.0991 e. The van der Waals surface area contributed by atoms with E-state index in [1.807, 2.05) is 26.0 Å². The summed E-state index contributed by atoms with van der Waals surface area (Å²) in [4.78, 5) is 0. The van der Waals surface area contributed by atoms with E-state index >= 15 is 0 Å². The number of benzene rings is 3.